The summed E-state index contributed by atoms with van der Waals surface area (Å²) < 4.78 is 0. The number of phenols is 2. The van der Waals surface area contributed by atoms with E-state index in [1.807, 2.05) is 6.92 Å². The first-order chi connectivity index (χ1) is 9.06. The van der Waals surface area contributed by atoms with E-state index < -0.39 is 0 Å². The lowest BCUT2D eigenvalue weighted by molar-refractivity contribution is 0.296. The van der Waals surface area contributed by atoms with Crippen LogP contribution in [0.4, 0.5) is 0 Å². The fourth-order valence-electron chi connectivity index (χ4n) is 2.15. The van der Waals surface area contributed by atoms with Gasteiger partial charge in [-0.2, -0.15) is 0 Å². The SMILES string of the molecule is CCN(CC)CCCNC(C)c1cc(O)cc(O)c1. The maximum Gasteiger partial charge on any atom is 0.119 e. The maximum absolute atomic E-state index is 9.46. The molecule has 19 heavy (non-hydrogen) atoms. The summed E-state index contributed by atoms with van der Waals surface area (Å²) in [4.78, 5) is 2.40. The summed E-state index contributed by atoms with van der Waals surface area (Å²) in [5.74, 6) is 0.207. The van der Waals surface area contributed by atoms with Gasteiger partial charge in [0.2, 0.25) is 0 Å². The number of hydrogen-bond donors (Lipinski definition) is 3. The van der Waals surface area contributed by atoms with Crippen LogP contribution in [0.25, 0.3) is 0 Å². The molecule has 3 N–H and O–H groups in total. The molecule has 0 spiro atoms. The first-order valence-electron chi connectivity index (χ1n) is 7.05. The van der Waals surface area contributed by atoms with Crippen LogP contribution < -0.4 is 5.32 Å². The lowest BCUT2D eigenvalue weighted by atomic mass is 10.1. The van der Waals surface area contributed by atoms with Crippen LogP contribution in [0.2, 0.25) is 0 Å². The molecule has 0 aliphatic rings. The van der Waals surface area contributed by atoms with E-state index in [0.717, 1.165) is 38.2 Å². The second kappa shape index (κ2) is 8.02. The molecule has 1 aromatic rings. The number of benzene rings is 1. The molecule has 0 radical (unpaired) electrons. The minimum atomic E-state index is 0.104. The Hall–Kier alpha value is -1.26. The van der Waals surface area contributed by atoms with Gasteiger partial charge < -0.3 is 20.4 Å². The van der Waals surface area contributed by atoms with Crippen LogP contribution in [0.15, 0.2) is 18.2 Å². The first kappa shape index (κ1) is 15.8. The van der Waals surface area contributed by atoms with Crippen LogP contribution in [0.3, 0.4) is 0 Å². The minimum Gasteiger partial charge on any atom is -0.508 e. The number of aromatic hydroxyl groups is 2. The Labute approximate surface area is 116 Å². The average Bonchev–Trinajstić information content (AvgIpc) is 2.37. The van der Waals surface area contributed by atoms with Gasteiger partial charge in [0.1, 0.15) is 11.5 Å². The Morgan fingerprint density at radius 3 is 2.21 bits per heavy atom. The van der Waals surface area contributed by atoms with E-state index in [4.69, 9.17) is 0 Å². The van der Waals surface area contributed by atoms with Gasteiger partial charge in [-0.25, -0.2) is 0 Å². The summed E-state index contributed by atoms with van der Waals surface area (Å²) in [6, 6.07) is 4.83. The zero-order valence-corrected chi connectivity index (χ0v) is 12.2. The highest BCUT2D eigenvalue weighted by molar-refractivity contribution is 5.37. The van der Waals surface area contributed by atoms with E-state index in [9.17, 15) is 10.2 Å². The van der Waals surface area contributed by atoms with Crippen molar-refractivity contribution in [2.75, 3.05) is 26.2 Å². The van der Waals surface area contributed by atoms with E-state index in [1.54, 1.807) is 12.1 Å². The molecule has 4 heteroatoms. The van der Waals surface area contributed by atoms with Crippen molar-refractivity contribution in [2.45, 2.75) is 33.2 Å². The topological polar surface area (TPSA) is 55.7 Å². The summed E-state index contributed by atoms with van der Waals surface area (Å²) in [5.41, 5.74) is 0.903. The molecule has 4 nitrogen and oxygen atoms in total. The monoisotopic (exact) mass is 266 g/mol. The molecule has 0 fully saturated rings. The zero-order chi connectivity index (χ0) is 14.3. The van der Waals surface area contributed by atoms with Crippen LogP contribution in [-0.4, -0.2) is 41.3 Å². The molecule has 1 rings (SSSR count). The Morgan fingerprint density at radius 2 is 1.68 bits per heavy atom. The van der Waals surface area contributed by atoms with Gasteiger partial charge in [0.15, 0.2) is 0 Å². The summed E-state index contributed by atoms with van der Waals surface area (Å²) in [7, 11) is 0. The van der Waals surface area contributed by atoms with Gasteiger partial charge in [-0.15, -0.1) is 0 Å². The van der Waals surface area contributed by atoms with Gasteiger partial charge in [-0.1, -0.05) is 13.8 Å². The van der Waals surface area contributed by atoms with Crippen molar-refractivity contribution in [1.29, 1.82) is 0 Å². The van der Waals surface area contributed by atoms with Crippen molar-refractivity contribution in [1.82, 2.24) is 10.2 Å². The Balaban J connectivity index is 2.36. The molecule has 0 bridgehead atoms. The normalized spacial score (nSPS) is 12.8. The molecular weight excluding hydrogens is 240 g/mol. The van der Waals surface area contributed by atoms with E-state index >= 15 is 0 Å². The van der Waals surface area contributed by atoms with Gasteiger partial charge >= 0.3 is 0 Å². The molecule has 0 heterocycles. The lowest BCUT2D eigenvalue weighted by Crippen LogP contribution is -2.28. The third-order valence-corrected chi connectivity index (χ3v) is 3.42. The van der Waals surface area contributed by atoms with E-state index in [1.165, 1.54) is 6.07 Å². The van der Waals surface area contributed by atoms with E-state index in [0.29, 0.717) is 0 Å². The molecule has 0 amide bonds. The predicted octanol–water partition coefficient (Wildman–Crippen LogP) is 2.48. The third-order valence-electron chi connectivity index (χ3n) is 3.42. The van der Waals surface area contributed by atoms with E-state index in [2.05, 4.69) is 24.1 Å². The standard InChI is InChI=1S/C15H26N2O2/c1-4-17(5-2)8-6-7-16-12(3)13-9-14(18)11-15(19)10-13/h9-12,16,18-19H,4-8H2,1-3H3. The summed E-state index contributed by atoms with van der Waals surface area (Å²) >= 11 is 0. The number of rotatable bonds is 8. The average molecular weight is 266 g/mol. The summed E-state index contributed by atoms with van der Waals surface area (Å²) in [6.45, 7) is 10.6. The highest BCUT2D eigenvalue weighted by atomic mass is 16.3. The molecular formula is C15H26N2O2. The molecule has 0 aromatic heterocycles. The number of hydrogen-bond acceptors (Lipinski definition) is 4. The number of nitrogens with one attached hydrogen (secondary N) is 1. The van der Waals surface area contributed by atoms with Gasteiger partial charge in [0.25, 0.3) is 0 Å². The quantitative estimate of drug-likeness (QED) is 0.633. The van der Waals surface area contributed by atoms with Crippen LogP contribution in [0.5, 0.6) is 11.5 Å². The number of phenolic OH excluding ortho intramolecular Hbond substituents is 2. The lowest BCUT2D eigenvalue weighted by Gasteiger charge is -2.19. The van der Waals surface area contributed by atoms with Crippen LogP contribution >= 0.6 is 0 Å². The fourth-order valence-corrected chi connectivity index (χ4v) is 2.15. The van der Waals surface area contributed by atoms with Gasteiger partial charge in [-0.3, -0.25) is 0 Å². The molecule has 1 atom stereocenters. The molecule has 0 saturated heterocycles. The first-order valence-corrected chi connectivity index (χ1v) is 7.05. The second-order valence-electron chi connectivity index (χ2n) is 4.84. The Bertz CT molecular complexity index is 358. The molecule has 1 aromatic carbocycles. The third kappa shape index (κ3) is 5.49. The summed E-state index contributed by atoms with van der Waals surface area (Å²) in [6.07, 6.45) is 1.09. The molecule has 0 saturated carbocycles. The van der Waals surface area contributed by atoms with Gasteiger partial charge in [-0.05, 0) is 57.2 Å². The Kier molecular flexibility index (Phi) is 6.67. The number of nitrogens with zero attached hydrogens (tertiary/aromatic N) is 1. The molecule has 108 valence electrons. The summed E-state index contributed by atoms with van der Waals surface area (Å²) in [5, 5.41) is 22.3. The predicted molar refractivity (Wildman–Crippen MR) is 78.6 cm³/mol. The highest BCUT2D eigenvalue weighted by Crippen LogP contribution is 2.24. The smallest absolute Gasteiger partial charge is 0.119 e. The van der Waals surface area contributed by atoms with Crippen molar-refractivity contribution in [3.8, 4) is 11.5 Å². The largest absolute Gasteiger partial charge is 0.508 e. The molecule has 0 aliphatic heterocycles. The molecule has 0 aliphatic carbocycles. The van der Waals surface area contributed by atoms with Crippen molar-refractivity contribution in [2.24, 2.45) is 0 Å². The van der Waals surface area contributed by atoms with Crippen molar-refractivity contribution >= 4 is 0 Å². The fraction of sp³-hybridized carbons (Fsp3) is 0.600. The van der Waals surface area contributed by atoms with E-state index in [-0.39, 0.29) is 17.5 Å². The second-order valence-corrected chi connectivity index (χ2v) is 4.84. The van der Waals surface area contributed by atoms with Crippen LogP contribution in [-0.2, 0) is 0 Å². The van der Waals surface area contributed by atoms with Crippen LogP contribution in [0, 0.1) is 0 Å². The van der Waals surface area contributed by atoms with Gasteiger partial charge in [0, 0.05) is 12.1 Å². The van der Waals surface area contributed by atoms with Gasteiger partial charge in [0.05, 0.1) is 0 Å². The zero-order valence-electron chi connectivity index (χ0n) is 12.2. The van der Waals surface area contributed by atoms with Crippen LogP contribution in [0.1, 0.15) is 38.8 Å². The minimum absolute atomic E-state index is 0.104. The van der Waals surface area contributed by atoms with Crippen molar-refractivity contribution in [3.63, 3.8) is 0 Å². The Morgan fingerprint density at radius 1 is 1.11 bits per heavy atom. The van der Waals surface area contributed by atoms with Crippen molar-refractivity contribution in [3.05, 3.63) is 23.8 Å². The highest BCUT2D eigenvalue weighted by Gasteiger charge is 2.07. The molecule has 1 unspecified atom stereocenters. The maximum atomic E-state index is 9.46. The van der Waals surface area contributed by atoms with Crippen molar-refractivity contribution < 1.29 is 10.2 Å².